The van der Waals surface area contributed by atoms with E-state index in [1.807, 2.05) is 6.79 Å². The van der Waals surface area contributed by atoms with Crippen LogP contribution in [0, 0.1) is 20.2 Å². The molecule has 0 aliphatic rings. The highest BCUT2D eigenvalue weighted by molar-refractivity contribution is 5.63. The number of hydrogen-bond acceptors (Lipinski definition) is 11. The third-order valence-electron chi connectivity index (χ3n) is 2.87. The van der Waals surface area contributed by atoms with Gasteiger partial charge in [0.15, 0.2) is 5.76 Å². The third-order valence-corrected chi connectivity index (χ3v) is 2.87. The quantitative estimate of drug-likeness (QED) is 0.0646. The van der Waals surface area contributed by atoms with Gasteiger partial charge >= 0.3 is 6.16 Å². The van der Waals surface area contributed by atoms with Gasteiger partial charge in [-0.25, -0.2) is 4.79 Å². The zero-order chi connectivity index (χ0) is 23.6. The summed E-state index contributed by atoms with van der Waals surface area (Å²) >= 11 is 0. The van der Waals surface area contributed by atoms with Crippen molar-refractivity contribution in [2.24, 2.45) is 0 Å². The molecule has 0 aliphatic carbocycles. The molecule has 0 N–H and O–H groups in total. The van der Waals surface area contributed by atoms with E-state index in [0.717, 1.165) is 6.08 Å². The van der Waals surface area contributed by atoms with Crippen molar-refractivity contribution in [1.82, 2.24) is 0 Å². The van der Waals surface area contributed by atoms with Gasteiger partial charge in [0, 0.05) is 18.2 Å². The second kappa shape index (κ2) is 15.8. The molecule has 0 aliphatic heterocycles. The lowest BCUT2D eigenvalue weighted by molar-refractivity contribution is -0.418. The second-order valence-electron chi connectivity index (χ2n) is 5.02. The van der Waals surface area contributed by atoms with Crippen LogP contribution in [0.2, 0.25) is 0 Å². The molecule has 13 heteroatoms. The van der Waals surface area contributed by atoms with Crippen LogP contribution in [0.15, 0.2) is 61.0 Å². The smallest absolute Gasteiger partial charge is 0.432 e. The summed E-state index contributed by atoms with van der Waals surface area (Å²) in [5.74, 6) is 0.133. The van der Waals surface area contributed by atoms with Crippen molar-refractivity contribution in [3.63, 3.8) is 0 Å². The maximum absolute atomic E-state index is 11.4. The molecule has 13 nitrogen and oxygen atoms in total. The number of allylic oxidation sites excluding steroid dienone is 2. The highest BCUT2D eigenvalue weighted by atomic mass is 17.2. The van der Waals surface area contributed by atoms with Gasteiger partial charge in [0.2, 0.25) is 0 Å². The highest BCUT2D eigenvalue weighted by Crippen LogP contribution is 2.17. The van der Waals surface area contributed by atoms with Gasteiger partial charge in [-0.15, -0.1) is 0 Å². The maximum Gasteiger partial charge on any atom is 0.513 e. The molecule has 31 heavy (non-hydrogen) atoms. The van der Waals surface area contributed by atoms with Crippen LogP contribution in [0.3, 0.4) is 0 Å². The standard InChI is InChI=1S/C17H18N2O10.CH2O/c1-13(18(21)22)3-4-14(2)29-27-12-10-25-9-11-26-17(20)28-16-7-5-15(6-8-16)19(23)24;1-2/h3-8H,1-2,9-12H2;1H2/b4-3+;. The average molecular weight is 440 g/mol. The van der Waals surface area contributed by atoms with Crippen LogP contribution in [-0.4, -0.2) is 49.2 Å². The molecule has 0 radical (unpaired) electrons. The number of nitrogens with zero attached hydrogens (tertiary/aromatic N) is 2. The van der Waals surface area contributed by atoms with Crippen LogP contribution in [0.25, 0.3) is 0 Å². The van der Waals surface area contributed by atoms with E-state index < -0.39 is 16.0 Å². The van der Waals surface area contributed by atoms with E-state index in [-0.39, 0.29) is 49.3 Å². The van der Waals surface area contributed by atoms with E-state index in [2.05, 4.69) is 13.2 Å². The van der Waals surface area contributed by atoms with Crippen LogP contribution in [0.4, 0.5) is 10.5 Å². The number of hydrogen-bond donors (Lipinski definition) is 0. The lowest BCUT2D eigenvalue weighted by Crippen LogP contribution is -2.15. The van der Waals surface area contributed by atoms with E-state index in [1.54, 1.807) is 0 Å². The summed E-state index contributed by atoms with van der Waals surface area (Å²) in [5, 5.41) is 20.9. The molecule has 0 saturated carbocycles. The Balaban J connectivity index is 0.00000436. The Morgan fingerprint density at radius 3 is 2.16 bits per heavy atom. The number of rotatable bonds is 13. The zero-order valence-electron chi connectivity index (χ0n) is 16.3. The number of carbonyl (C=O) groups excluding carboxylic acids is 2. The predicted molar refractivity (Wildman–Crippen MR) is 104 cm³/mol. The van der Waals surface area contributed by atoms with E-state index in [4.69, 9.17) is 28.8 Å². The molecule has 1 aromatic carbocycles. The summed E-state index contributed by atoms with van der Waals surface area (Å²) in [5.41, 5.74) is -0.461. The molecule has 0 atom stereocenters. The van der Waals surface area contributed by atoms with Gasteiger partial charge in [0.05, 0.1) is 23.1 Å². The number of nitro benzene ring substituents is 1. The largest absolute Gasteiger partial charge is 0.513 e. The van der Waals surface area contributed by atoms with Crippen LogP contribution in [0.5, 0.6) is 5.75 Å². The molecule has 0 amide bonds. The van der Waals surface area contributed by atoms with Gasteiger partial charge in [-0.2, -0.15) is 4.89 Å². The fourth-order valence-corrected chi connectivity index (χ4v) is 1.54. The minimum atomic E-state index is -0.985. The Bertz CT molecular complexity index is 790. The first-order valence-electron chi connectivity index (χ1n) is 8.25. The first-order valence-corrected chi connectivity index (χ1v) is 8.25. The molecule has 0 aromatic heterocycles. The van der Waals surface area contributed by atoms with Gasteiger partial charge in [0.25, 0.3) is 11.4 Å². The number of ether oxygens (including phenoxy) is 3. The fourth-order valence-electron chi connectivity index (χ4n) is 1.54. The molecule has 0 saturated heterocycles. The summed E-state index contributed by atoms with van der Waals surface area (Å²) in [7, 11) is 0. The molecule has 0 fully saturated rings. The maximum atomic E-state index is 11.4. The summed E-state index contributed by atoms with van der Waals surface area (Å²) in [6, 6.07) is 4.92. The van der Waals surface area contributed by atoms with Crippen molar-refractivity contribution in [2.75, 3.05) is 26.4 Å². The van der Waals surface area contributed by atoms with E-state index in [1.165, 1.54) is 30.3 Å². The normalized spacial score (nSPS) is 9.81. The van der Waals surface area contributed by atoms with Crippen molar-refractivity contribution in [2.45, 2.75) is 0 Å². The van der Waals surface area contributed by atoms with Crippen molar-refractivity contribution in [3.8, 4) is 5.75 Å². The Labute approximate surface area is 176 Å². The fraction of sp³-hybridized carbons (Fsp3) is 0.222. The molecular formula is C18H20N2O11. The Morgan fingerprint density at radius 2 is 1.58 bits per heavy atom. The molecule has 0 heterocycles. The topological polar surface area (TPSA) is 167 Å². The number of nitro groups is 2. The number of non-ortho nitro benzene ring substituents is 1. The second-order valence-corrected chi connectivity index (χ2v) is 5.02. The number of carbonyl (C=O) groups is 2. The molecule has 0 spiro atoms. The average Bonchev–Trinajstić information content (AvgIpc) is 2.75. The molecule has 1 aromatic rings. The van der Waals surface area contributed by atoms with E-state index in [0.29, 0.717) is 0 Å². The summed E-state index contributed by atoms with van der Waals surface area (Å²) in [4.78, 5) is 48.6. The van der Waals surface area contributed by atoms with Gasteiger partial charge in [-0.3, -0.25) is 20.2 Å². The summed E-state index contributed by atoms with van der Waals surface area (Å²) in [6.07, 6.45) is 1.34. The highest BCUT2D eigenvalue weighted by Gasteiger charge is 2.09. The monoisotopic (exact) mass is 440 g/mol. The molecule has 0 bridgehead atoms. The van der Waals surface area contributed by atoms with Crippen LogP contribution in [-0.2, 0) is 24.0 Å². The van der Waals surface area contributed by atoms with E-state index >= 15 is 0 Å². The minimum Gasteiger partial charge on any atom is -0.432 e. The SMILES string of the molecule is C=C(/C=C/C(=C)[N+](=O)[O-])OOCCOCCOC(=O)Oc1ccc([N+](=O)[O-])cc1.C=O. The van der Waals surface area contributed by atoms with Crippen LogP contribution >= 0.6 is 0 Å². The minimum absolute atomic E-state index is 0.0241. The molecular weight excluding hydrogens is 420 g/mol. The van der Waals surface area contributed by atoms with E-state index in [9.17, 15) is 25.0 Å². The first-order chi connectivity index (χ1) is 14.8. The Hall–Kier alpha value is -4.10. The first kappa shape index (κ1) is 26.9. The van der Waals surface area contributed by atoms with Crippen LogP contribution in [0.1, 0.15) is 0 Å². The van der Waals surface area contributed by atoms with Gasteiger partial charge in [0.1, 0.15) is 25.8 Å². The van der Waals surface area contributed by atoms with Gasteiger partial charge in [-0.05, 0) is 24.8 Å². The number of benzene rings is 1. The third kappa shape index (κ3) is 12.9. The van der Waals surface area contributed by atoms with Crippen molar-refractivity contribution in [1.29, 1.82) is 0 Å². The lowest BCUT2D eigenvalue weighted by Gasteiger charge is -2.07. The molecule has 168 valence electrons. The van der Waals surface area contributed by atoms with Gasteiger partial charge < -0.3 is 23.9 Å². The molecule has 1 rings (SSSR count). The summed E-state index contributed by atoms with van der Waals surface area (Å²) < 4.78 is 14.7. The van der Waals surface area contributed by atoms with Crippen LogP contribution < -0.4 is 4.74 Å². The zero-order valence-corrected chi connectivity index (χ0v) is 16.3. The lowest BCUT2D eigenvalue weighted by atomic mass is 10.3. The van der Waals surface area contributed by atoms with Gasteiger partial charge in [-0.1, -0.05) is 6.58 Å². The Kier molecular flexibility index (Phi) is 13.7. The summed E-state index contributed by atoms with van der Waals surface area (Å²) in [6.45, 7) is 8.75. The predicted octanol–water partition coefficient (Wildman–Crippen LogP) is 2.75. The van der Waals surface area contributed by atoms with Crippen molar-refractivity contribution in [3.05, 3.63) is 81.3 Å². The molecule has 0 unspecified atom stereocenters. The van der Waals surface area contributed by atoms with Crippen molar-refractivity contribution >= 4 is 18.6 Å². The van der Waals surface area contributed by atoms with Crippen molar-refractivity contribution < 1.29 is 43.4 Å². The Morgan fingerprint density at radius 1 is 0.968 bits per heavy atom.